The second kappa shape index (κ2) is 10.8. The van der Waals surface area contributed by atoms with Crippen molar-refractivity contribution in [3.05, 3.63) is 97.8 Å². The number of halogens is 2. The minimum absolute atomic E-state index is 0.0298. The van der Waals surface area contributed by atoms with E-state index in [1.54, 1.807) is 24.3 Å². The number of methoxy groups -OCH3 is 1. The first-order valence-corrected chi connectivity index (χ1v) is 11.8. The number of amides is 2. The van der Waals surface area contributed by atoms with Crippen LogP contribution < -0.4 is 19.7 Å². The molecule has 0 saturated carbocycles. The Bertz CT molecular complexity index is 1460. The number of non-ortho nitro benzene ring substituents is 1. The first kappa shape index (κ1) is 25.9. The lowest BCUT2D eigenvalue weighted by atomic mass is 10.1. The van der Waals surface area contributed by atoms with E-state index in [9.17, 15) is 24.1 Å². The topological polar surface area (TPSA) is 111 Å². The molecule has 2 amide bonds. The molecule has 12 heteroatoms. The Balaban J connectivity index is 1.62. The van der Waals surface area contributed by atoms with Crippen molar-refractivity contribution in [1.82, 2.24) is 5.32 Å². The fraction of sp³-hybridized carbons (Fsp3) is 0.0800. The van der Waals surface area contributed by atoms with E-state index in [2.05, 4.69) is 21.2 Å². The molecule has 37 heavy (non-hydrogen) atoms. The number of ether oxygens (including phenoxy) is 2. The zero-order valence-corrected chi connectivity index (χ0v) is 21.5. The fourth-order valence-corrected chi connectivity index (χ4v) is 4.38. The van der Waals surface area contributed by atoms with Crippen molar-refractivity contribution in [3.8, 4) is 11.5 Å². The molecular weight excluding hydrogens is 569 g/mol. The molecule has 1 fully saturated rings. The number of nitrogens with zero attached hydrogens (tertiary/aromatic N) is 2. The van der Waals surface area contributed by atoms with Crippen molar-refractivity contribution in [2.24, 2.45) is 0 Å². The molecule has 188 valence electrons. The van der Waals surface area contributed by atoms with E-state index in [4.69, 9.17) is 21.7 Å². The Morgan fingerprint density at radius 2 is 1.89 bits per heavy atom. The largest absolute Gasteiger partial charge is 0.493 e. The van der Waals surface area contributed by atoms with E-state index in [1.165, 1.54) is 49.6 Å². The summed E-state index contributed by atoms with van der Waals surface area (Å²) in [5.41, 5.74) is 1.06. The number of carbonyl (C=O) groups is 2. The van der Waals surface area contributed by atoms with Crippen molar-refractivity contribution in [2.45, 2.75) is 6.61 Å². The van der Waals surface area contributed by atoms with Crippen molar-refractivity contribution in [2.75, 3.05) is 12.0 Å². The first-order valence-electron chi connectivity index (χ1n) is 10.6. The van der Waals surface area contributed by atoms with Crippen molar-refractivity contribution < 1.29 is 28.4 Å². The molecule has 1 N–H and O–H groups in total. The van der Waals surface area contributed by atoms with Gasteiger partial charge in [0.25, 0.3) is 17.5 Å². The minimum Gasteiger partial charge on any atom is -0.493 e. The minimum atomic E-state index is -0.686. The molecule has 0 unspecified atom stereocenters. The van der Waals surface area contributed by atoms with Crippen LogP contribution in [0.2, 0.25) is 0 Å². The second-order valence-electron chi connectivity index (χ2n) is 7.68. The van der Waals surface area contributed by atoms with Crippen molar-refractivity contribution in [3.63, 3.8) is 0 Å². The molecule has 1 heterocycles. The van der Waals surface area contributed by atoms with Crippen LogP contribution in [0.3, 0.4) is 0 Å². The summed E-state index contributed by atoms with van der Waals surface area (Å²) in [6, 6.07) is 14.3. The van der Waals surface area contributed by atoms with E-state index in [1.807, 2.05) is 0 Å². The second-order valence-corrected chi connectivity index (χ2v) is 8.93. The number of benzene rings is 3. The van der Waals surface area contributed by atoms with Crippen LogP contribution in [0, 0.1) is 15.9 Å². The molecule has 0 aliphatic carbocycles. The lowest BCUT2D eigenvalue weighted by Gasteiger charge is -2.29. The summed E-state index contributed by atoms with van der Waals surface area (Å²) in [5.74, 6) is -1.23. The molecular formula is C25H17BrFN3O6S. The third-order valence-electron chi connectivity index (χ3n) is 5.25. The van der Waals surface area contributed by atoms with E-state index in [-0.39, 0.29) is 23.0 Å². The molecule has 0 atom stereocenters. The highest BCUT2D eigenvalue weighted by Crippen LogP contribution is 2.38. The van der Waals surface area contributed by atoms with Crippen LogP contribution >= 0.6 is 28.1 Å². The lowest BCUT2D eigenvalue weighted by molar-refractivity contribution is -0.384. The van der Waals surface area contributed by atoms with Crippen molar-refractivity contribution in [1.29, 1.82) is 0 Å². The molecule has 4 rings (SSSR count). The number of nitro groups is 1. The SMILES string of the molecule is COc1cc(/C=C2/C(=O)NC(=S)N(c3ccc(F)cc3)C2=O)cc(Br)c1OCc1cccc([N+](=O)[O-])c1. The molecule has 1 saturated heterocycles. The van der Waals surface area contributed by atoms with Gasteiger partial charge in [-0.25, -0.2) is 4.39 Å². The molecule has 1 aliphatic heterocycles. The van der Waals surface area contributed by atoms with E-state index in [0.717, 1.165) is 4.90 Å². The number of anilines is 1. The van der Waals surface area contributed by atoms with Gasteiger partial charge in [-0.2, -0.15) is 0 Å². The van der Waals surface area contributed by atoms with Gasteiger partial charge >= 0.3 is 0 Å². The Kier molecular flexibility index (Phi) is 7.60. The van der Waals surface area contributed by atoms with Gasteiger partial charge in [0.1, 0.15) is 18.0 Å². The summed E-state index contributed by atoms with van der Waals surface area (Å²) in [4.78, 5) is 37.4. The lowest BCUT2D eigenvalue weighted by Crippen LogP contribution is -2.54. The third kappa shape index (κ3) is 5.65. The average molecular weight is 586 g/mol. The highest BCUT2D eigenvalue weighted by atomic mass is 79.9. The summed E-state index contributed by atoms with van der Waals surface area (Å²) < 4.78 is 25.1. The quantitative estimate of drug-likeness (QED) is 0.138. The summed E-state index contributed by atoms with van der Waals surface area (Å²) in [7, 11) is 1.42. The van der Waals surface area contributed by atoms with Crippen LogP contribution in [0.15, 0.2) is 70.7 Å². The van der Waals surface area contributed by atoms with Gasteiger partial charge in [0.2, 0.25) is 0 Å². The van der Waals surface area contributed by atoms with Crippen LogP contribution in [-0.4, -0.2) is 29.0 Å². The Morgan fingerprint density at radius 1 is 1.16 bits per heavy atom. The Labute approximate surface area is 223 Å². The fourth-order valence-electron chi connectivity index (χ4n) is 3.53. The molecule has 3 aromatic rings. The van der Waals surface area contributed by atoms with Gasteiger partial charge in [0.05, 0.1) is 22.2 Å². The first-order chi connectivity index (χ1) is 17.7. The average Bonchev–Trinajstić information content (AvgIpc) is 2.86. The van der Waals surface area contributed by atoms with Crippen LogP contribution in [0.5, 0.6) is 11.5 Å². The summed E-state index contributed by atoms with van der Waals surface area (Å²) in [5, 5.41) is 13.4. The van der Waals surface area contributed by atoms with Gasteiger partial charge in [0, 0.05) is 12.1 Å². The van der Waals surface area contributed by atoms with Gasteiger partial charge < -0.3 is 9.47 Å². The number of hydrogen-bond donors (Lipinski definition) is 1. The normalized spacial score (nSPS) is 14.5. The van der Waals surface area contributed by atoms with Gasteiger partial charge in [-0.1, -0.05) is 12.1 Å². The molecule has 0 radical (unpaired) electrons. The number of thiocarbonyl (C=S) groups is 1. The zero-order valence-electron chi connectivity index (χ0n) is 19.1. The standard InChI is InChI=1S/C25H17BrFN3O6S/c1-35-21-12-15(11-20(26)22(21)36-13-14-3-2-4-18(9-14)30(33)34)10-19-23(31)28-25(37)29(24(19)32)17-7-5-16(27)6-8-17/h2-12H,13H2,1H3,(H,28,31,37)/b19-10-. The van der Waals surface area contributed by atoms with Crippen LogP contribution in [0.1, 0.15) is 11.1 Å². The predicted molar refractivity (Wildman–Crippen MR) is 141 cm³/mol. The monoisotopic (exact) mass is 585 g/mol. The number of nitrogens with one attached hydrogen (secondary N) is 1. The summed E-state index contributed by atoms with van der Waals surface area (Å²) in [6.07, 6.45) is 1.37. The van der Waals surface area contributed by atoms with Crippen molar-refractivity contribution >= 4 is 62.5 Å². The smallest absolute Gasteiger partial charge is 0.270 e. The van der Waals surface area contributed by atoms with E-state index < -0.39 is 22.6 Å². The highest BCUT2D eigenvalue weighted by molar-refractivity contribution is 9.10. The number of carbonyl (C=O) groups excluding carboxylic acids is 2. The Hall–Kier alpha value is -4.16. The maximum Gasteiger partial charge on any atom is 0.270 e. The summed E-state index contributed by atoms with van der Waals surface area (Å²) in [6.45, 7) is 0.0298. The molecule has 0 spiro atoms. The molecule has 9 nitrogen and oxygen atoms in total. The van der Waals surface area contributed by atoms with Gasteiger partial charge in [-0.3, -0.25) is 29.9 Å². The van der Waals surface area contributed by atoms with Gasteiger partial charge in [-0.15, -0.1) is 0 Å². The predicted octanol–water partition coefficient (Wildman–Crippen LogP) is 4.92. The van der Waals surface area contributed by atoms with E-state index >= 15 is 0 Å². The number of hydrogen-bond acceptors (Lipinski definition) is 7. The molecule has 3 aromatic carbocycles. The van der Waals surface area contributed by atoms with E-state index in [0.29, 0.717) is 32.8 Å². The number of nitro benzene ring substituents is 1. The van der Waals surface area contributed by atoms with Crippen LogP contribution in [0.4, 0.5) is 15.8 Å². The maximum atomic E-state index is 13.3. The van der Waals surface area contributed by atoms with Gasteiger partial charge in [-0.05, 0) is 81.7 Å². The van der Waals surface area contributed by atoms with Gasteiger partial charge in [0.15, 0.2) is 16.6 Å². The maximum absolute atomic E-state index is 13.3. The Morgan fingerprint density at radius 3 is 2.57 bits per heavy atom. The zero-order chi connectivity index (χ0) is 26.7. The van der Waals surface area contributed by atoms with Crippen LogP contribution in [-0.2, 0) is 16.2 Å². The molecule has 0 bridgehead atoms. The summed E-state index contributed by atoms with van der Waals surface area (Å²) >= 11 is 8.57. The number of rotatable bonds is 7. The van der Waals surface area contributed by atoms with Crippen LogP contribution in [0.25, 0.3) is 6.08 Å². The third-order valence-corrected chi connectivity index (χ3v) is 6.13. The highest BCUT2D eigenvalue weighted by Gasteiger charge is 2.34. The molecule has 0 aromatic heterocycles. The molecule has 1 aliphatic rings.